The molecular weight excluding hydrogens is 321 g/mol. The van der Waals surface area contributed by atoms with Gasteiger partial charge in [0, 0.05) is 23.2 Å². The molecule has 1 fully saturated rings. The topological polar surface area (TPSA) is 27.0 Å². The fraction of sp³-hybridized carbons (Fsp3) is 0.462. The molecule has 2 rings (SSSR count). The molecule has 0 bridgehead atoms. The second kappa shape index (κ2) is 5.41. The van der Waals surface area contributed by atoms with E-state index in [1.807, 2.05) is 6.07 Å². The van der Waals surface area contributed by atoms with Gasteiger partial charge in [0.05, 0.1) is 11.5 Å². The van der Waals surface area contributed by atoms with E-state index in [0.29, 0.717) is 23.0 Å². The summed E-state index contributed by atoms with van der Waals surface area (Å²) in [7, 11) is 0. The van der Waals surface area contributed by atoms with E-state index in [1.165, 1.54) is 0 Å². The molecule has 19 heavy (non-hydrogen) atoms. The number of piperidine rings is 1. The number of nitrogens with zero attached hydrogens (tertiary/aromatic N) is 2. The molecule has 1 unspecified atom stereocenters. The van der Waals surface area contributed by atoms with Crippen LogP contribution in [0.15, 0.2) is 22.7 Å². The molecule has 0 radical (unpaired) electrons. The molecule has 0 spiro atoms. The fourth-order valence-electron chi connectivity index (χ4n) is 2.27. The van der Waals surface area contributed by atoms with Crippen molar-refractivity contribution in [1.82, 2.24) is 0 Å². The van der Waals surface area contributed by atoms with E-state index in [2.05, 4.69) is 15.9 Å². The summed E-state index contributed by atoms with van der Waals surface area (Å²) >= 11 is 3.26. The van der Waals surface area contributed by atoms with Crippen molar-refractivity contribution in [2.45, 2.75) is 19.0 Å². The third-order valence-corrected chi connectivity index (χ3v) is 3.98. The number of halogens is 4. The maximum Gasteiger partial charge on any atom is 0.393 e. The predicted octanol–water partition coefficient (Wildman–Crippen LogP) is 4.10. The van der Waals surface area contributed by atoms with Crippen molar-refractivity contribution in [3.05, 3.63) is 28.2 Å². The van der Waals surface area contributed by atoms with Gasteiger partial charge in [0.15, 0.2) is 0 Å². The van der Waals surface area contributed by atoms with Gasteiger partial charge in [-0.05, 0) is 47.0 Å². The lowest BCUT2D eigenvalue weighted by atomic mass is 9.97. The molecule has 1 aliphatic heterocycles. The van der Waals surface area contributed by atoms with Gasteiger partial charge in [-0.2, -0.15) is 18.4 Å². The minimum absolute atomic E-state index is 0.0121. The molecule has 2 nitrogen and oxygen atoms in total. The molecule has 0 N–H and O–H groups in total. The molecule has 1 heterocycles. The summed E-state index contributed by atoms with van der Waals surface area (Å²) in [6, 6.07) is 7.04. The summed E-state index contributed by atoms with van der Waals surface area (Å²) in [5, 5.41) is 8.83. The van der Waals surface area contributed by atoms with E-state index in [9.17, 15) is 13.2 Å². The first-order valence-corrected chi connectivity index (χ1v) is 6.72. The standard InChI is InChI=1S/C13H12BrF3N2/c14-12-6-11(4-3-9(12)7-18)19-5-1-2-10(8-19)13(15,16)17/h3-4,6,10H,1-2,5,8H2. The monoisotopic (exact) mass is 332 g/mol. The van der Waals surface area contributed by atoms with Gasteiger partial charge in [-0.3, -0.25) is 0 Å². The Morgan fingerprint density at radius 1 is 1.37 bits per heavy atom. The highest BCUT2D eigenvalue weighted by atomic mass is 79.9. The average Bonchev–Trinajstić information content (AvgIpc) is 2.38. The van der Waals surface area contributed by atoms with Crippen molar-refractivity contribution in [3.63, 3.8) is 0 Å². The van der Waals surface area contributed by atoms with E-state index < -0.39 is 12.1 Å². The Morgan fingerprint density at radius 3 is 2.68 bits per heavy atom. The first-order chi connectivity index (χ1) is 8.91. The van der Waals surface area contributed by atoms with Crippen molar-refractivity contribution in [2.75, 3.05) is 18.0 Å². The number of benzene rings is 1. The minimum Gasteiger partial charge on any atom is -0.371 e. The Morgan fingerprint density at radius 2 is 2.11 bits per heavy atom. The van der Waals surface area contributed by atoms with Crippen LogP contribution in [0.5, 0.6) is 0 Å². The van der Waals surface area contributed by atoms with E-state index >= 15 is 0 Å². The van der Waals surface area contributed by atoms with Crippen molar-refractivity contribution in [3.8, 4) is 6.07 Å². The number of rotatable bonds is 1. The summed E-state index contributed by atoms with van der Waals surface area (Å²) in [4.78, 5) is 1.73. The summed E-state index contributed by atoms with van der Waals surface area (Å²) in [5.41, 5.74) is 1.20. The number of nitriles is 1. The van der Waals surface area contributed by atoms with E-state index in [4.69, 9.17) is 5.26 Å². The maximum absolute atomic E-state index is 12.7. The van der Waals surface area contributed by atoms with Gasteiger partial charge in [0.1, 0.15) is 6.07 Å². The lowest BCUT2D eigenvalue weighted by molar-refractivity contribution is -0.175. The van der Waals surface area contributed by atoms with Gasteiger partial charge in [-0.15, -0.1) is 0 Å². The minimum atomic E-state index is -4.14. The number of alkyl halides is 3. The van der Waals surface area contributed by atoms with Crippen LogP contribution in [0.4, 0.5) is 18.9 Å². The molecule has 0 saturated carbocycles. The first kappa shape index (κ1) is 14.2. The van der Waals surface area contributed by atoms with Crippen LogP contribution in [-0.2, 0) is 0 Å². The fourth-order valence-corrected chi connectivity index (χ4v) is 2.73. The number of hydrogen-bond acceptors (Lipinski definition) is 2. The van der Waals surface area contributed by atoms with Gasteiger partial charge in [-0.25, -0.2) is 0 Å². The summed E-state index contributed by atoms with van der Waals surface area (Å²) in [5.74, 6) is -1.27. The Hall–Kier alpha value is -1.22. The third kappa shape index (κ3) is 3.21. The molecule has 0 amide bonds. The number of hydrogen-bond donors (Lipinski definition) is 0. The normalized spacial score (nSPS) is 20.2. The van der Waals surface area contributed by atoms with E-state index in [1.54, 1.807) is 23.1 Å². The molecule has 6 heteroatoms. The van der Waals surface area contributed by atoms with Gasteiger partial charge < -0.3 is 4.90 Å². The Balaban J connectivity index is 2.18. The highest BCUT2D eigenvalue weighted by molar-refractivity contribution is 9.10. The van der Waals surface area contributed by atoms with Crippen LogP contribution in [0.3, 0.4) is 0 Å². The molecular formula is C13H12BrF3N2. The quantitative estimate of drug-likeness (QED) is 0.774. The van der Waals surface area contributed by atoms with Crippen molar-refractivity contribution >= 4 is 21.6 Å². The highest BCUT2D eigenvalue weighted by Gasteiger charge is 2.41. The molecule has 102 valence electrons. The summed E-state index contributed by atoms with van der Waals surface area (Å²) in [6.45, 7) is 0.604. The smallest absolute Gasteiger partial charge is 0.371 e. The van der Waals surface area contributed by atoms with E-state index in [-0.39, 0.29) is 13.0 Å². The van der Waals surface area contributed by atoms with Crippen molar-refractivity contribution in [2.24, 2.45) is 5.92 Å². The molecule has 1 aromatic carbocycles. The van der Waals surface area contributed by atoms with Gasteiger partial charge in [0.2, 0.25) is 0 Å². The highest BCUT2D eigenvalue weighted by Crippen LogP contribution is 2.35. The van der Waals surface area contributed by atoms with Gasteiger partial charge in [-0.1, -0.05) is 0 Å². The second-order valence-electron chi connectivity index (χ2n) is 4.60. The SMILES string of the molecule is N#Cc1ccc(N2CCCC(C(F)(F)F)C2)cc1Br. The Kier molecular flexibility index (Phi) is 4.04. The zero-order chi connectivity index (χ0) is 14.0. The Bertz CT molecular complexity index is 508. The average molecular weight is 333 g/mol. The zero-order valence-electron chi connectivity index (χ0n) is 10.0. The van der Waals surface area contributed by atoms with Gasteiger partial charge in [0.25, 0.3) is 0 Å². The van der Waals surface area contributed by atoms with Crippen LogP contribution >= 0.6 is 15.9 Å². The lowest BCUT2D eigenvalue weighted by Gasteiger charge is -2.35. The van der Waals surface area contributed by atoms with Crippen molar-refractivity contribution in [1.29, 1.82) is 5.26 Å². The zero-order valence-corrected chi connectivity index (χ0v) is 11.6. The first-order valence-electron chi connectivity index (χ1n) is 5.93. The molecule has 0 aliphatic carbocycles. The van der Waals surface area contributed by atoms with Crippen LogP contribution in [0.2, 0.25) is 0 Å². The number of anilines is 1. The molecule has 1 aliphatic rings. The van der Waals surface area contributed by atoms with Crippen LogP contribution in [-0.4, -0.2) is 19.3 Å². The largest absolute Gasteiger partial charge is 0.393 e. The lowest BCUT2D eigenvalue weighted by Crippen LogP contribution is -2.41. The molecule has 0 aromatic heterocycles. The third-order valence-electron chi connectivity index (χ3n) is 3.32. The Labute approximate surface area is 117 Å². The summed E-state index contributed by atoms with van der Waals surface area (Å²) < 4.78 is 38.9. The van der Waals surface area contributed by atoms with Crippen LogP contribution in [0.1, 0.15) is 18.4 Å². The van der Waals surface area contributed by atoms with Crippen LogP contribution in [0.25, 0.3) is 0 Å². The van der Waals surface area contributed by atoms with Gasteiger partial charge >= 0.3 is 6.18 Å². The van der Waals surface area contributed by atoms with Crippen molar-refractivity contribution < 1.29 is 13.2 Å². The van der Waals surface area contributed by atoms with Crippen LogP contribution in [0, 0.1) is 17.2 Å². The molecule has 1 aromatic rings. The molecule has 1 saturated heterocycles. The molecule has 1 atom stereocenters. The predicted molar refractivity (Wildman–Crippen MR) is 69.8 cm³/mol. The maximum atomic E-state index is 12.7. The summed E-state index contributed by atoms with van der Waals surface area (Å²) in [6.07, 6.45) is -3.41. The van der Waals surface area contributed by atoms with E-state index in [0.717, 1.165) is 5.69 Å². The van der Waals surface area contributed by atoms with Crippen LogP contribution < -0.4 is 4.90 Å². The second-order valence-corrected chi connectivity index (χ2v) is 5.46.